The van der Waals surface area contributed by atoms with E-state index in [4.69, 9.17) is 10.3 Å². The maximum Gasteiger partial charge on any atom is 0.257 e. The predicted octanol–water partition coefficient (Wildman–Crippen LogP) is 1.96. The SMILES string of the molecule is COc1ccc(C(=O)CCC=[N+]=[N-])cc1. The summed E-state index contributed by atoms with van der Waals surface area (Å²) in [5, 5.41) is 0. The number of methoxy groups -OCH3 is 1. The van der Waals surface area contributed by atoms with E-state index in [-0.39, 0.29) is 5.78 Å². The molecule has 1 aromatic rings. The summed E-state index contributed by atoms with van der Waals surface area (Å²) in [6.07, 6.45) is 2.10. The molecule has 0 fully saturated rings. The molecule has 4 heteroatoms. The minimum Gasteiger partial charge on any atom is -0.497 e. The zero-order valence-corrected chi connectivity index (χ0v) is 8.51. The van der Waals surface area contributed by atoms with Crippen molar-refractivity contribution in [3.63, 3.8) is 0 Å². The zero-order chi connectivity index (χ0) is 11.1. The lowest BCUT2D eigenvalue weighted by Crippen LogP contribution is -1.99. The van der Waals surface area contributed by atoms with E-state index < -0.39 is 0 Å². The molecule has 78 valence electrons. The Morgan fingerprint density at radius 3 is 2.67 bits per heavy atom. The van der Waals surface area contributed by atoms with E-state index in [1.54, 1.807) is 31.4 Å². The quantitative estimate of drug-likeness (QED) is 0.318. The molecule has 0 amide bonds. The average Bonchev–Trinajstić information content (AvgIpc) is 2.29. The van der Waals surface area contributed by atoms with Gasteiger partial charge in [-0.15, -0.1) is 0 Å². The minimum absolute atomic E-state index is 0.0255. The lowest BCUT2D eigenvalue weighted by Gasteiger charge is -2.00. The summed E-state index contributed by atoms with van der Waals surface area (Å²) in [4.78, 5) is 14.4. The van der Waals surface area contributed by atoms with E-state index in [2.05, 4.69) is 4.79 Å². The van der Waals surface area contributed by atoms with E-state index in [9.17, 15) is 4.79 Å². The van der Waals surface area contributed by atoms with Crippen LogP contribution in [0.1, 0.15) is 23.2 Å². The van der Waals surface area contributed by atoms with Crippen LogP contribution in [0.3, 0.4) is 0 Å². The molecular weight excluding hydrogens is 192 g/mol. The largest absolute Gasteiger partial charge is 0.497 e. The molecule has 15 heavy (non-hydrogen) atoms. The minimum atomic E-state index is 0.0255. The summed E-state index contributed by atoms with van der Waals surface area (Å²) in [5.74, 6) is 0.751. The number of hydrogen-bond donors (Lipinski definition) is 0. The average molecular weight is 204 g/mol. The number of ketones is 1. The molecule has 0 heterocycles. The van der Waals surface area contributed by atoms with Gasteiger partial charge in [-0.1, -0.05) is 0 Å². The van der Waals surface area contributed by atoms with Gasteiger partial charge in [0, 0.05) is 18.4 Å². The van der Waals surface area contributed by atoms with Gasteiger partial charge in [0.2, 0.25) is 0 Å². The second kappa shape index (κ2) is 5.73. The normalized spacial score (nSPS) is 9.13. The van der Waals surface area contributed by atoms with Crippen LogP contribution in [0.4, 0.5) is 0 Å². The number of ether oxygens (including phenoxy) is 1. The number of hydrogen-bond acceptors (Lipinski definition) is 2. The Hall–Kier alpha value is -1.93. The Kier molecular flexibility index (Phi) is 4.26. The molecule has 0 atom stereocenters. The van der Waals surface area contributed by atoms with Crippen LogP contribution in [0, 0.1) is 0 Å². The summed E-state index contributed by atoms with van der Waals surface area (Å²) < 4.78 is 4.98. The molecule has 1 rings (SSSR count). The van der Waals surface area contributed by atoms with Gasteiger partial charge in [-0.2, -0.15) is 4.79 Å². The van der Waals surface area contributed by atoms with E-state index in [1.807, 2.05) is 0 Å². The third kappa shape index (κ3) is 3.37. The Labute approximate surface area is 88.1 Å². The van der Waals surface area contributed by atoms with Crippen LogP contribution in [0.25, 0.3) is 5.53 Å². The lowest BCUT2D eigenvalue weighted by atomic mass is 10.1. The number of Topliss-reactive ketones (excluding diaryl/α,β-unsaturated/α-hetero) is 1. The van der Waals surface area contributed by atoms with Gasteiger partial charge in [0.15, 0.2) is 5.78 Å². The van der Waals surface area contributed by atoms with Crippen molar-refractivity contribution in [2.45, 2.75) is 12.8 Å². The summed E-state index contributed by atoms with van der Waals surface area (Å²) in [6, 6.07) is 6.93. The van der Waals surface area contributed by atoms with Gasteiger partial charge in [-0.3, -0.25) is 4.79 Å². The highest BCUT2D eigenvalue weighted by molar-refractivity contribution is 5.96. The van der Waals surface area contributed by atoms with Gasteiger partial charge in [-0.05, 0) is 24.3 Å². The summed E-state index contributed by atoms with van der Waals surface area (Å²) in [6.45, 7) is 0. The second-order valence-corrected chi connectivity index (χ2v) is 2.99. The monoisotopic (exact) mass is 204 g/mol. The van der Waals surface area contributed by atoms with Gasteiger partial charge >= 0.3 is 0 Å². The molecule has 0 N–H and O–H groups in total. The molecule has 0 aliphatic rings. The summed E-state index contributed by atoms with van der Waals surface area (Å²) in [5.41, 5.74) is 8.80. The van der Waals surface area contributed by atoms with E-state index in [0.717, 1.165) is 5.75 Å². The Morgan fingerprint density at radius 1 is 1.47 bits per heavy atom. The van der Waals surface area contributed by atoms with Crippen LogP contribution in [0.15, 0.2) is 24.3 Å². The number of benzene rings is 1. The molecule has 0 unspecified atom stereocenters. The highest BCUT2D eigenvalue weighted by Gasteiger charge is 2.05. The topological polar surface area (TPSA) is 62.7 Å². The van der Waals surface area contributed by atoms with Crippen LogP contribution in [-0.4, -0.2) is 23.9 Å². The van der Waals surface area contributed by atoms with Gasteiger partial charge in [0.25, 0.3) is 6.21 Å². The highest BCUT2D eigenvalue weighted by atomic mass is 16.5. The zero-order valence-electron chi connectivity index (χ0n) is 8.51. The van der Waals surface area contributed by atoms with Crippen LogP contribution in [0.2, 0.25) is 0 Å². The Bertz CT molecular complexity index is 378. The Balaban J connectivity index is 2.61. The van der Waals surface area contributed by atoms with Crippen molar-refractivity contribution in [3.8, 4) is 5.75 Å². The van der Waals surface area contributed by atoms with Crippen molar-refractivity contribution in [3.05, 3.63) is 35.4 Å². The van der Waals surface area contributed by atoms with Gasteiger partial charge in [0.1, 0.15) is 5.75 Å². The van der Waals surface area contributed by atoms with Crippen molar-refractivity contribution in [1.82, 2.24) is 0 Å². The number of carbonyl (C=O) groups excluding carboxylic acids is 1. The molecule has 0 saturated heterocycles. The first-order chi connectivity index (χ1) is 7.27. The molecule has 0 aliphatic carbocycles. The first-order valence-corrected chi connectivity index (χ1v) is 4.61. The van der Waals surface area contributed by atoms with E-state index >= 15 is 0 Å². The maximum atomic E-state index is 11.5. The molecular formula is C11H12N2O2. The van der Waals surface area contributed by atoms with Crippen LogP contribution in [0.5, 0.6) is 5.75 Å². The van der Waals surface area contributed by atoms with E-state index in [1.165, 1.54) is 6.21 Å². The molecule has 4 nitrogen and oxygen atoms in total. The fourth-order valence-electron chi connectivity index (χ4n) is 1.17. The summed E-state index contributed by atoms with van der Waals surface area (Å²) >= 11 is 0. The van der Waals surface area contributed by atoms with Gasteiger partial charge < -0.3 is 10.3 Å². The first kappa shape index (κ1) is 11.1. The fourth-order valence-corrected chi connectivity index (χ4v) is 1.17. The molecule has 0 spiro atoms. The van der Waals surface area contributed by atoms with E-state index in [0.29, 0.717) is 18.4 Å². The third-order valence-corrected chi connectivity index (χ3v) is 1.99. The van der Waals surface area contributed by atoms with Gasteiger partial charge in [0.05, 0.1) is 7.11 Å². The standard InChI is InChI=1S/C11H12N2O2/c1-15-10-6-4-9(5-7-10)11(14)3-2-8-13-12/h4-8H,2-3H2,1H3. The smallest absolute Gasteiger partial charge is 0.257 e. The molecule has 1 aromatic carbocycles. The molecule has 0 radical (unpaired) electrons. The maximum absolute atomic E-state index is 11.5. The van der Waals surface area contributed by atoms with Crippen LogP contribution >= 0.6 is 0 Å². The van der Waals surface area contributed by atoms with Crippen molar-refractivity contribution in [2.75, 3.05) is 7.11 Å². The predicted molar refractivity (Wildman–Crippen MR) is 56.2 cm³/mol. The number of nitrogens with zero attached hydrogens (tertiary/aromatic N) is 2. The molecule has 0 aromatic heterocycles. The number of rotatable bonds is 5. The summed E-state index contributed by atoms with van der Waals surface area (Å²) in [7, 11) is 1.58. The van der Waals surface area contributed by atoms with Crippen molar-refractivity contribution >= 4 is 12.0 Å². The third-order valence-electron chi connectivity index (χ3n) is 1.99. The lowest BCUT2D eigenvalue weighted by molar-refractivity contribution is 0.000784. The molecule has 0 saturated carbocycles. The van der Waals surface area contributed by atoms with Gasteiger partial charge in [-0.25, -0.2) is 0 Å². The molecule has 0 bridgehead atoms. The Morgan fingerprint density at radius 2 is 2.13 bits per heavy atom. The van der Waals surface area contributed by atoms with Crippen molar-refractivity contribution < 1.29 is 14.3 Å². The van der Waals surface area contributed by atoms with Crippen LogP contribution in [-0.2, 0) is 0 Å². The van der Waals surface area contributed by atoms with Crippen molar-refractivity contribution in [2.24, 2.45) is 0 Å². The second-order valence-electron chi connectivity index (χ2n) is 2.99. The fraction of sp³-hybridized carbons (Fsp3) is 0.273. The highest BCUT2D eigenvalue weighted by Crippen LogP contribution is 2.12. The van der Waals surface area contributed by atoms with Crippen molar-refractivity contribution in [1.29, 1.82) is 0 Å². The number of carbonyl (C=O) groups is 1. The first-order valence-electron chi connectivity index (χ1n) is 4.61. The molecule has 0 aliphatic heterocycles. The van der Waals surface area contributed by atoms with Crippen LogP contribution < -0.4 is 4.74 Å².